The van der Waals surface area contributed by atoms with Crippen LogP contribution in [0.5, 0.6) is 0 Å². The van der Waals surface area contributed by atoms with Crippen LogP contribution in [-0.2, 0) is 14.3 Å². The molecule has 126 valence electrons. The van der Waals surface area contributed by atoms with Crippen molar-refractivity contribution in [1.29, 1.82) is 0 Å². The Hall–Kier alpha value is -1.30. The van der Waals surface area contributed by atoms with Crippen molar-refractivity contribution in [3.8, 4) is 0 Å². The predicted molar refractivity (Wildman–Crippen MR) is 82.6 cm³/mol. The van der Waals surface area contributed by atoms with Gasteiger partial charge in [0.2, 0.25) is 5.91 Å². The van der Waals surface area contributed by atoms with Crippen LogP contribution in [0.3, 0.4) is 0 Å². The largest absolute Gasteiger partial charge is 0.441 e. The van der Waals surface area contributed by atoms with Gasteiger partial charge in [-0.2, -0.15) is 0 Å². The Balaban J connectivity index is 1.88. The van der Waals surface area contributed by atoms with Crippen LogP contribution in [0.15, 0.2) is 0 Å². The zero-order chi connectivity index (χ0) is 16.2. The van der Waals surface area contributed by atoms with Crippen LogP contribution in [0.25, 0.3) is 0 Å². The minimum Gasteiger partial charge on any atom is -0.441 e. The van der Waals surface area contributed by atoms with Gasteiger partial charge in [-0.25, -0.2) is 4.79 Å². The standard InChI is InChI=1S/C16H28N2O4/c1-4-6-13(3)18-12-16(22-15(18)20)7-9-17(10-8-16)14(19)11-21-5-2/h13H,4-12H2,1-3H3/t13-/m0/s1. The van der Waals surface area contributed by atoms with Gasteiger partial charge in [0.1, 0.15) is 12.2 Å². The molecule has 2 heterocycles. The maximum absolute atomic E-state index is 12.1. The number of rotatable bonds is 6. The Bertz CT molecular complexity index is 405. The van der Waals surface area contributed by atoms with Gasteiger partial charge in [0, 0.05) is 38.6 Å². The Morgan fingerprint density at radius 2 is 2.05 bits per heavy atom. The molecule has 1 atom stereocenters. The lowest BCUT2D eigenvalue weighted by molar-refractivity contribution is -0.139. The van der Waals surface area contributed by atoms with Crippen molar-refractivity contribution in [3.05, 3.63) is 0 Å². The number of likely N-dealkylation sites (tertiary alicyclic amines) is 1. The van der Waals surface area contributed by atoms with Crippen LogP contribution >= 0.6 is 0 Å². The molecule has 0 aromatic rings. The van der Waals surface area contributed by atoms with Crippen LogP contribution in [0.1, 0.15) is 46.5 Å². The highest BCUT2D eigenvalue weighted by molar-refractivity contribution is 5.77. The SMILES string of the molecule is CCC[C@H](C)N1CC2(CCN(C(=O)COCC)CC2)OC1=O. The smallest absolute Gasteiger partial charge is 0.410 e. The lowest BCUT2D eigenvalue weighted by Gasteiger charge is -2.37. The summed E-state index contributed by atoms with van der Waals surface area (Å²) in [4.78, 5) is 27.7. The van der Waals surface area contributed by atoms with E-state index in [0.717, 1.165) is 12.8 Å². The lowest BCUT2D eigenvalue weighted by atomic mass is 9.91. The molecule has 2 aliphatic rings. The number of nitrogens with zero attached hydrogens (tertiary/aromatic N) is 2. The normalized spacial score (nSPS) is 22.0. The zero-order valence-corrected chi connectivity index (χ0v) is 14.0. The van der Waals surface area contributed by atoms with Gasteiger partial charge in [-0.3, -0.25) is 4.79 Å². The molecule has 0 unspecified atom stereocenters. The summed E-state index contributed by atoms with van der Waals surface area (Å²) in [5, 5.41) is 0. The van der Waals surface area contributed by atoms with Crippen LogP contribution in [-0.4, -0.2) is 66.3 Å². The van der Waals surface area contributed by atoms with E-state index in [1.807, 2.05) is 16.7 Å². The van der Waals surface area contributed by atoms with E-state index >= 15 is 0 Å². The summed E-state index contributed by atoms with van der Waals surface area (Å²) in [6, 6.07) is 0.217. The first-order chi connectivity index (χ1) is 10.5. The molecular formula is C16H28N2O4. The maximum Gasteiger partial charge on any atom is 0.410 e. The van der Waals surface area contributed by atoms with Gasteiger partial charge in [-0.05, 0) is 20.3 Å². The van der Waals surface area contributed by atoms with Gasteiger partial charge < -0.3 is 19.3 Å². The molecule has 6 heteroatoms. The van der Waals surface area contributed by atoms with Crippen molar-refractivity contribution in [2.24, 2.45) is 0 Å². The molecule has 2 fully saturated rings. The minimum absolute atomic E-state index is 0.0252. The third-order valence-corrected chi connectivity index (χ3v) is 4.69. The average Bonchev–Trinajstić information content (AvgIpc) is 2.82. The summed E-state index contributed by atoms with van der Waals surface area (Å²) >= 11 is 0. The molecule has 0 aromatic heterocycles. The van der Waals surface area contributed by atoms with E-state index in [9.17, 15) is 9.59 Å². The first-order valence-corrected chi connectivity index (χ1v) is 8.36. The van der Waals surface area contributed by atoms with Gasteiger partial charge in [-0.1, -0.05) is 13.3 Å². The molecule has 2 amide bonds. The highest BCUT2D eigenvalue weighted by atomic mass is 16.6. The van der Waals surface area contributed by atoms with E-state index < -0.39 is 5.60 Å². The molecule has 22 heavy (non-hydrogen) atoms. The van der Waals surface area contributed by atoms with Gasteiger partial charge in [-0.15, -0.1) is 0 Å². The molecular weight excluding hydrogens is 284 g/mol. The number of amides is 2. The van der Waals surface area contributed by atoms with Crippen molar-refractivity contribution in [2.75, 3.05) is 32.8 Å². The summed E-state index contributed by atoms with van der Waals surface area (Å²) in [6.45, 7) is 8.68. The van der Waals surface area contributed by atoms with E-state index in [0.29, 0.717) is 39.1 Å². The van der Waals surface area contributed by atoms with E-state index in [-0.39, 0.29) is 24.6 Å². The average molecular weight is 312 g/mol. The first-order valence-electron chi connectivity index (χ1n) is 8.36. The van der Waals surface area contributed by atoms with Gasteiger partial charge in [0.05, 0.1) is 6.54 Å². The monoisotopic (exact) mass is 312 g/mol. The fourth-order valence-electron chi connectivity index (χ4n) is 3.26. The summed E-state index contributed by atoms with van der Waals surface area (Å²) in [6.07, 6.45) is 3.27. The number of carbonyl (C=O) groups excluding carboxylic acids is 2. The maximum atomic E-state index is 12.1. The molecule has 0 N–H and O–H groups in total. The highest BCUT2D eigenvalue weighted by Crippen LogP contribution is 2.34. The quantitative estimate of drug-likeness (QED) is 0.753. The van der Waals surface area contributed by atoms with E-state index in [1.54, 1.807) is 0 Å². The molecule has 1 spiro atoms. The van der Waals surface area contributed by atoms with Crippen molar-refractivity contribution in [2.45, 2.75) is 58.1 Å². The van der Waals surface area contributed by atoms with E-state index in [1.165, 1.54) is 0 Å². The number of hydrogen-bond acceptors (Lipinski definition) is 4. The van der Waals surface area contributed by atoms with Crippen LogP contribution < -0.4 is 0 Å². The topological polar surface area (TPSA) is 59.1 Å². The fourth-order valence-corrected chi connectivity index (χ4v) is 3.26. The number of ether oxygens (including phenoxy) is 2. The Morgan fingerprint density at radius 3 is 2.64 bits per heavy atom. The molecule has 2 rings (SSSR count). The fraction of sp³-hybridized carbons (Fsp3) is 0.875. The number of hydrogen-bond donors (Lipinski definition) is 0. The van der Waals surface area contributed by atoms with Crippen molar-refractivity contribution in [1.82, 2.24) is 9.80 Å². The Morgan fingerprint density at radius 1 is 1.36 bits per heavy atom. The molecule has 0 aromatic carbocycles. The zero-order valence-electron chi connectivity index (χ0n) is 14.0. The molecule has 6 nitrogen and oxygen atoms in total. The van der Waals surface area contributed by atoms with Crippen molar-refractivity contribution in [3.63, 3.8) is 0 Å². The third-order valence-electron chi connectivity index (χ3n) is 4.69. The van der Waals surface area contributed by atoms with Gasteiger partial charge in [0.25, 0.3) is 0 Å². The molecule has 0 bridgehead atoms. The molecule has 2 saturated heterocycles. The highest BCUT2D eigenvalue weighted by Gasteiger charge is 2.48. The summed E-state index contributed by atoms with van der Waals surface area (Å²) in [5.41, 5.74) is -0.401. The van der Waals surface area contributed by atoms with Crippen LogP contribution in [0, 0.1) is 0 Å². The van der Waals surface area contributed by atoms with Gasteiger partial charge >= 0.3 is 6.09 Å². The van der Waals surface area contributed by atoms with Crippen LogP contribution in [0.2, 0.25) is 0 Å². The Kier molecular flexibility index (Phi) is 5.67. The summed E-state index contributed by atoms with van der Waals surface area (Å²) < 4.78 is 10.9. The predicted octanol–water partition coefficient (Wildman–Crippen LogP) is 2.02. The summed E-state index contributed by atoms with van der Waals surface area (Å²) in [7, 11) is 0. The first kappa shape index (κ1) is 17.1. The second-order valence-electron chi connectivity index (χ2n) is 6.33. The van der Waals surface area contributed by atoms with Gasteiger partial charge in [0.15, 0.2) is 0 Å². The molecule has 0 saturated carbocycles. The molecule has 2 aliphatic heterocycles. The van der Waals surface area contributed by atoms with E-state index in [2.05, 4.69) is 13.8 Å². The Labute approximate surface area is 132 Å². The molecule has 0 aliphatic carbocycles. The van der Waals surface area contributed by atoms with Crippen LogP contribution in [0.4, 0.5) is 4.79 Å². The van der Waals surface area contributed by atoms with E-state index in [4.69, 9.17) is 9.47 Å². The van der Waals surface area contributed by atoms with Crippen molar-refractivity contribution >= 4 is 12.0 Å². The lowest BCUT2D eigenvalue weighted by Crippen LogP contribution is -2.50. The minimum atomic E-state index is -0.401. The van der Waals surface area contributed by atoms with Crippen molar-refractivity contribution < 1.29 is 19.1 Å². The molecule has 0 radical (unpaired) electrons. The number of piperidine rings is 1. The summed E-state index contributed by atoms with van der Waals surface area (Å²) in [5.74, 6) is 0.0252. The second-order valence-corrected chi connectivity index (χ2v) is 6.33. The second kappa shape index (κ2) is 7.31. The number of carbonyl (C=O) groups is 2. The third kappa shape index (κ3) is 3.72.